The van der Waals surface area contributed by atoms with Crippen molar-refractivity contribution in [3.8, 4) is 0 Å². The highest BCUT2D eigenvalue weighted by atomic mass is 32.1. The Hall–Kier alpha value is -0.900. The molecule has 0 bridgehead atoms. The third-order valence-corrected chi connectivity index (χ3v) is 3.28. The quantitative estimate of drug-likeness (QED) is 0.617. The minimum Gasteiger partial charge on any atom is -0.387 e. The summed E-state index contributed by atoms with van der Waals surface area (Å²) in [4.78, 5) is 10.00. The zero-order valence-electron chi connectivity index (χ0n) is 9.16. The van der Waals surface area contributed by atoms with Crippen LogP contribution in [0.2, 0.25) is 0 Å². The molecular weight excluding hydrogens is 194 g/mol. The zero-order chi connectivity index (χ0) is 10.7. The largest absolute Gasteiger partial charge is 0.387 e. The molecule has 14 heavy (non-hydrogen) atoms. The van der Waals surface area contributed by atoms with Gasteiger partial charge in [0, 0.05) is 6.42 Å². The number of hydrogen-bond acceptors (Lipinski definition) is 3. The molecule has 4 heteroatoms. The number of nitrogens with two attached hydrogens (primary N) is 1. The van der Waals surface area contributed by atoms with Gasteiger partial charge in [0.2, 0.25) is 0 Å². The first-order valence-corrected chi connectivity index (χ1v) is 5.62. The Kier molecular flexibility index (Phi) is 3.63. The average Bonchev–Trinajstić information content (AvgIpc) is 2.45. The number of nitrogens with zero attached hydrogens (tertiary/aromatic N) is 2. The highest BCUT2D eigenvalue weighted by molar-refractivity contribution is 7.11. The van der Waals surface area contributed by atoms with Crippen LogP contribution in [0.4, 0.5) is 0 Å². The Balaban J connectivity index is 2.89. The van der Waals surface area contributed by atoms with Crippen molar-refractivity contribution >= 4 is 17.2 Å². The molecule has 0 aromatic carbocycles. The molecule has 2 N–H and O–H groups in total. The van der Waals surface area contributed by atoms with E-state index in [1.54, 1.807) is 11.3 Å². The molecule has 0 radical (unpaired) electrons. The topological polar surface area (TPSA) is 51.3 Å². The molecule has 0 saturated carbocycles. The summed E-state index contributed by atoms with van der Waals surface area (Å²) < 4.78 is 0. The van der Waals surface area contributed by atoms with E-state index in [-0.39, 0.29) is 6.04 Å². The lowest BCUT2D eigenvalue weighted by Crippen LogP contribution is -2.11. The molecule has 1 heterocycles. The normalized spacial score (nSPS) is 14.4. The van der Waals surface area contributed by atoms with Crippen molar-refractivity contribution < 1.29 is 0 Å². The number of rotatable bonds is 3. The maximum absolute atomic E-state index is 5.70. The number of aliphatic imine (C=N–C) groups is 1. The minimum atomic E-state index is 0.140. The lowest BCUT2D eigenvalue weighted by molar-refractivity contribution is 0.819. The van der Waals surface area contributed by atoms with Crippen LogP contribution in [0.1, 0.15) is 41.9 Å². The van der Waals surface area contributed by atoms with E-state index in [2.05, 4.69) is 16.9 Å². The van der Waals surface area contributed by atoms with Crippen molar-refractivity contribution in [1.82, 2.24) is 4.98 Å². The standard InChI is InChI=1S/C10H17N3S/c1-5-9(11)13-7(3)10-6(2)12-8(4)14-10/h7H,5H2,1-4H3,(H2,11,13). The van der Waals surface area contributed by atoms with Crippen molar-refractivity contribution in [2.24, 2.45) is 10.7 Å². The lowest BCUT2D eigenvalue weighted by atomic mass is 10.2. The molecule has 3 nitrogen and oxygen atoms in total. The average molecular weight is 211 g/mol. The van der Waals surface area contributed by atoms with E-state index in [4.69, 9.17) is 5.73 Å². The molecule has 1 atom stereocenters. The second-order valence-electron chi connectivity index (χ2n) is 3.33. The molecule has 0 amide bonds. The monoisotopic (exact) mass is 211 g/mol. The molecule has 0 aliphatic carbocycles. The van der Waals surface area contributed by atoms with E-state index in [1.807, 2.05) is 20.8 Å². The SMILES string of the molecule is CCC(N)=NC(C)c1sc(C)nc1C. The Bertz CT molecular complexity index is 341. The maximum atomic E-state index is 5.70. The second-order valence-corrected chi connectivity index (χ2v) is 4.57. The fraction of sp³-hybridized carbons (Fsp3) is 0.600. The lowest BCUT2D eigenvalue weighted by Gasteiger charge is -2.05. The van der Waals surface area contributed by atoms with E-state index < -0.39 is 0 Å². The van der Waals surface area contributed by atoms with Gasteiger partial charge in [0.15, 0.2) is 0 Å². The molecule has 0 aliphatic rings. The van der Waals surface area contributed by atoms with Crippen LogP contribution >= 0.6 is 11.3 Å². The number of amidine groups is 1. The maximum Gasteiger partial charge on any atom is 0.0942 e. The summed E-state index contributed by atoms with van der Waals surface area (Å²) in [6.45, 7) is 8.10. The highest BCUT2D eigenvalue weighted by Crippen LogP contribution is 2.26. The summed E-state index contributed by atoms with van der Waals surface area (Å²) in [6.07, 6.45) is 0.807. The van der Waals surface area contributed by atoms with Gasteiger partial charge in [-0.15, -0.1) is 11.3 Å². The third kappa shape index (κ3) is 2.54. The molecule has 0 fully saturated rings. The van der Waals surface area contributed by atoms with Gasteiger partial charge in [-0.3, -0.25) is 4.99 Å². The summed E-state index contributed by atoms with van der Waals surface area (Å²) in [6, 6.07) is 0.140. The third-order valence-electron chi connectivity index (χ3n) is 2.04. The van der Waals surface area contributed by atoms with Gasteiger partial charge in [-0.05, 0) is 20.8 Å². The van der Waals surface area contributed by atoms with Crippen LogP contribution in [0.3, 0.4) is 0 Å². The van der Waals surface area contributed by atoms with Gasteiger partial charge in [0.25, 0.3) is 0 Å². The van der Waals surface area contributed by atoms with Crippen LogP contribution < -0.4 is 5.73 Å². The van der Waals surface area contributed by atoms with E-state index >= 15 is 0 Å². The van der Waals surface area contributed by atoms with Gasteiger partial charge in [-0.25, -0.2) is 4.98 Å². The van der Waals surface area contributed by atoms with Crippen LogP contribution in [0, 0.1) is 13.8 Å². The summed E-state index contributed by atoms with van der Waals surface area (Å²) in [5.74, 6) is 0.711. The van der Waals surface area contributed by atoms with Crippen LogP contribution in [0.5, 0.6) is 0 Å². The molecule has 0 spiro atoms. The first-order chi connectivity index (χ1) is 6.54. The van der Waals surface area contributed by atoms with E-state index in [9.17, 15) is 0 Å². The van der Waals surface area contributed by atoms with E-state index in [0.29, 0.717) is 5.84 Å². The molecule has 1 rings (SSSR count). The second kappa shape index (κ2) is 4.55. The van der Waals surface area contributed by atoms with Crippen LogP contribution in [0.25, 0.3) is 0 Å². The molecule has 1 aromatic rings. The van der Waals surface area contributed by atoms with Crippen molar-refractivity contribution in [3.63, 3.8) is 0 Å². The Morgan fingerprint density at radius 1 is 1.57 bits per heavy atom. The summed E-state index contributed by atoms with van der Waals surface area (Å²) in [5, 5.41) is 1.09. The van der Waals surface area contributed by atoms with E-state index in [1.165, 1.54) is 4.88 Å². The molecular formula is C10H17N3S. The van der Waals surface area contributed by atoms with Crippen molar-refractivity contribution in [2.75, 3.05) is 0 Å². The smallest absolute Gasteiger partial charge is 0.0942 e. The van der Waals surface area contributed by atoms with Crippen LogP contribution in [0.15, 0.2) is 4.99 Å². The molecule has 78 valence electrons. The predicted octanol–water partition coefficient (Wildman–Crippen LogP) is 2.59. The summed E-state index contributed by atoms with van der Waals surface area (Å²) >= 11 is 1.70. The number of aromatic nitrogens is 1. The number of aryl methyl sites for hydroxylation is 2. The molecule has 1 unspecified atom stereocenters. The fourth-order valence-electron chi connectivity index (χ4n) is 1.33. The first kappa shape index (κ1) is 11.2. The summed E-state index contributed by atoms with van der Waals surface area (Å²) in [5.41, 5.74) is 6.78. The first-order valence-electron chi connectivity index (χ1n) is 4.80. The Morgan fingerprint density at radius 2 is 2.21 bits per heavy atom. The molecule has 0 aliphatic heterocycles. The van der Waals surface area contributed by atoms with Gasteiger partial charge in [-0.2, -0.15) is 0 Å². The predicted molar refractivity (Wildman–Crippen MR) is 61.9 cm³/mol. The van der Waals surface area contributed by atoms with Gasteiger partial charge >= 0.3 is 0 Å². The van der Waals surface area contributed by atoms with E-state index in [0.717, 1.165) is 17.1 Å². The highest BCUT2D eigenvalue weighted by Gasteiger charge is 2.11. The Labute approximate surface area is 89.1 Å². The Morgan fingerprint density at radius 3 is 2.64 bits per heavy atom. The minimum absolute atomic E-state index is 0.140. The van der Waals surface area contributed by atoms with Gasteiger partial charge in [0.1, 0.15) is 0 Å². The van der Waals surface area contributed by atoms with Crippen molar-refractivity contribution in [2.45, 2.75) is 40.2 Å². The fourth-order valence-corrected chi connectivity index (χ4v) is 2.25. The van der Waals surface area contributed by atoms with Gasteiger partial charge < -0.3 is 5.73 Å². The van der Waals surface area contributed by atoms with Crippen LogP contribution in [-0.2, 0) is 0 Å². The molecule has 0 saturated heterocycles. The van der Waals surface area contributed by atoms with Crippen LogP contribution in [-0.4, -0.2) is 10.8 Å². The van der Waals surface area contributed by atoms with Gasteiger partial charge in [0.05, 0.1) is 27.5 Å². The molecule has 1 aromatic heterocycles. The summed E-state index contributed by atoms with van der Waals surface area (Å²) in [7, 11) is 0. The van der Waals surface area contributed by atoms with Crippen molar-refractivity contribution in [3.05, 3.63) is 15.6 Å². The number of hydrogen-bond donors (Lipinski definition) is 1. The zero-order valence-corrected chi connectivity index (χ0v) is 9.98. The van der Waals surface area contributed by atoms with Crippen molar-refractivity contribution in [1.29, 1.82) is 0 Å². The number of thiazole rings is 1. The van der Waals surface area contributed by atoms with Gasteiger partial charge in [-0.1, -0.05) is 6.92 Å².